The van der Waals surface area contributed by atoms with Crippen LogP contribution >= 0.6 is 7.75 Å². The van der Waals surface area contributed by atoms with E-state index in [1.807, 2.05) is 0 Å². The van der Waals surface area contributed by atoms with Gasteiger partial charge in [-0.05, 0) is 52.0 Å². The molecule has 4 rings (SSSR count). The summed E-state index contributed by atoms with van der Waals surface area (Å²) in [6, 6.07) is 10.2. The van der Waals surface area contributed by atoms with Crippen molar-refractivity contribution in [2.75, 3.05) is 66.2 Å². The van der Waals surface area contributed by atoms with E-state index in [0.29, 0.717) is 11.2 Å². The number of benzene rings is 1. The Morgan fingerprint density at radius 3 is 2.24 bits per heavy atom. The zero-order valence-corrected chi connectivity index (χ0v) is 31.9. The number of nitrogens with zero attached hydrogens (tertiary/aromatic N) is 3. The molecule has 0 amide bonds. The van der Waals surface area contributed by atoms with E-state index in [-0.39, 0.29) is 38.0 Å². The normalized spacial score (nSPS) is 21.4. The molecular weight excluding hydrogens is 733 g/mol. The van der Waals surface area contributed by atoms with Crippen molar-refractivity contribution in [3.05, 3.63) is 54.5 Å². The minimum Gasteiger partial charge on any atom is -0.462 e. The van der Waals surface area contributed by atoms with Crippen molar-refractivity contribution in [3.8, 4) is 5.75 Å². The molecule has 19 nitrogen and oxygen atoms in total. The van der Waals surface area contributed by atoms with Crippen molar-refractivity contribution in [1.29, 1.82) is 0 Å². The van der Waals surface area contributed by atoms with Crippen LogP contribution in [0.25, 0.3) is 5.52 Å². The minimum absolute atomic E-state index is 0.0906. The molecule has 20 heteroatoms. The van der Waals surface area contributed by atoms with Gasteiger partial charge in [0.1, 0.15) is 48.6 Å². The predicted molar refractivity (Wildman–Crippen MR) is 189 cm³/mol. The van der Waals surface area contributed by atoms with E-state index in [1.165, 1.54) is 38.9 Å². The fourth-order valence-electron chi connectivity index (χ4n) is 5.28. The number of nitrogen functional groups attached to an aromatic ring is 1. The molecule has 0 saturated carbocycles. The van der Waals surface area contributed by atoms with Gasteiger partial charge in [0, 0.05) is 14.2 Å². The van der Waals surface area contributed by atoms with Crippen LogP contribution in [0, 0.1) is 0 Å². The molecule has 3 heterocycles. The molecule has 3 aromatic rings. The summed E-state index contributed by atoms with van der Waals surface area (Å²) in [6.45, 7) is 5.35. The molecule has 3 N–H and O–H groups in total. The van der Waals surface area contributed by atoms with Crippen molar-refractivity contribution in [1.82, 2.24) is 19.7 Å². The molecule has 298 valence electrons. The van der Waals surface area contributed by atoms with Crippen LogP contribution in [-0.2, 0) is 61.4 Å². The summed E-state index contributed by atoms with van der Waals surface area (Å²) < 4.78 is 72.2. The average Bonchev–Trinajstić information content (AvgIpc) is 3.67. The van der Waals surface area contributed by atoms with E-state index in [1.54, 1.807) is 56.3 Å². The van der Waals surface area contributed by atoms with Gasteiger partial charge in [-0.3, -0.25) is 9.32 Å². The zero-order valence-electron chi connectivity index (χ0n) is 31.0. The van der Waals surface area contributed by atoms with Gasteiger partial charge in [0.2, 0.25) is 0 Å². The van der Waals surface area contributed by atoms with Gasteiger partial charge in [0.05, 0.1) is 44.8 Å². The molecule has 1 aliphatic rings. The van der Waals surface area contributed by atoms with E-state index in [4.69, 9.17) is 52.7 Å². The van der Waals surface area contributed by atoms with Crippen LogP contribution in [0.2, 0.25) is 0 Å². The van der Waals surface area contributed by atoms with E-state index in [9.17, 15) is 18.9 Å². The highest BCUT2D eigenvalue weighted by Crippen LogP contribution is 2.50. The lowest BCUT2D eigenvalue weighted by Gasteiger charge is -2.32. The molecule has 1 aromatic carbocycles. The third-order valence-electron chi connectivity index (χ3n) is 7.77. The van der Waals surface area contributed by atoms with E-state index >= 15 is 0 Å². The van der Waals surface area contributed by atoms with Gasteiger partial charge in [0.25, 0.3) is 0 Å². The number of nitrogens with one attached hydrogen (secondary N) is 1. The van der Waals surface area contributed by atoms with Crippen molar-refractivity contribution >= 4 is 37.0 Å². The third-order valence-corrected chi connectivity index (χ3v) is 9.40. The Bertz CT molecular complexity index is 1730. The number of carbonyl (C=O) groups excluding carboxylic acids is 3. The van der Waals surface area contributed by atoms with Crippen LogP contribution < -0.4 is 15.3 Å². The summed E-state index contributed by atoms with van der Waals surface area (Å²) in [5.41, 5.74) is 5.13. The maximum absolute atomic E-state index is 14.5. The molecule has 0 aliphatic carbocycles. The quantitative estimate of drug-likeness (QED) is 0.0645. The number of carbonyl (C=O) groups is 3. The Balaban J connectivity index is 1.72. The highest BCUT2D eigenvalue weighted by atomic mass is 31.2. The number of rotatable bonds is 22. The number of aromatic nitrogens is 3. The molecule has 0 radical (unpaired) electrons. The first kappa shape index (κ1) is 42.5. The Hall–Kier alpha value is -4.20. The molecule has 0 bridgehead atoms. The molecule has 0 spiro atoms. The van der Waals surface area contributed by atoms with E-state index < -0.39 is 81.5 Å². The minimum atomic E-state index is -4.46. The zero-order chi connectivity index (χ0) is 39.3. The first-order valence-corrected chi connectivity index (χ1v) is 18.6. The number of anilines is 1. The number of hydrogen-bond donors (Lipinski definition) is 2. The first-order valence-electron chi connectivity index (χ1n) is 17.0. The molecular formula is C34H48N5O14P. The van der Waals surface area contributed by atoms with Crippen LogP contribution in [0.1, 0.15) is 39.5 Å². The lowest BCUT2D eigenvalue weighted by molar-refractivity contribution is -0.177. The summed E-state index contributed by atoms with van der Waals surface area (Å²) >= 11 is 0. The van der Waals surface area contributed by atoms with Crippen LogP contribution in [-0.4, -0.2) is 123 Å². The first-order chi connectivity index (χ1) is 25.8. The Labute approximate surface area is 312 Å². The second-order valence-corrected chi connectivity index (χ2v) is 14.2. The van der Waals surface area contributed by atoms with Crippen molar-refractivity contribution < 1.29 is 65.9 Å². The number of methoxy groups -OCH3 is 2. The average molecular weight is 782 g/mol. The van der Waals surface area contributed by atoms with Crippen molar-refractivity contribution in [2.45, 2.75) is 63.8 Å². The molecule has 2 aromatic heterocycles. The fraction of sp³-hybridized carbons (Fsp3) is 0.559. The van der Waals surface area contributed by atoms with Gasteiger partial charge in [-0.25, -0.2) is 23.7 Å². The maximum Gasteiger partial charge on any atom is 0.459 e. The molecule has 1 saturated heterocycles. The summed E-state index contributed by atoms with van der Waals surface area (Å²) in [6.07, 6.45) is -3.20. The van der Waals surface area contributed by atoms with E-state index in [0.717, 1.165) is 0 Å². The van der Waals surface area contributed by atoms with Crippen LogP contribution in [0.4, 0.5) is 5.82 Å². The maximum atomic E-state index is 14.5. The Morgan fingerprint density at radius 1 is 0.963 bits per heavy atom. The highest BCUT2D eigenvalue weighted by molar-refractivity contribution is 7.52. The van der Waals surface area contributed by atoms with Gasteiger partial charge in [-0.2, -0.15) is 10.2 Å². The third kappa shape index (κ3) is 11.6. The number of hydrogen-bond acceptors (Lipinski definition) is 17. The number of fused-ring (bicyclic) bond motifs is 1. The number of nitrogens with two attached hydrogens (primary N) is 1. The van der Waals surface area contributed by atoms with Crippen LogP contribution in [0.5, 0.6) is 5.75 Å². The standard InChI is InChI=1S/C34H48N5O14P/c1-22(2)49-33(42)23(3)38-54(43,53-24-10-8-7-9-11-24)48-20-34(4)31(51-28(41)19-47-17-15-45-6)30(50-27(40)18-46-16-14-44-5)29(52-34)25-12-13-26-32(35)36-21-37-39(25)26/h7-13,21-23,29-31H,14-20H2,1-6H3,(H,38,43)(H2,35,36,37)/t23-,29-,30-,31-,34+,54-/m0/s1. The highest BCUT2D eigenvalue weighted by Gasteiger charge is 2.59. The lowest BCUT2D eigenvalue weighted by Crippen LogP contribution is -2.49. The monoisotopic (exact) mass is 781 g/mol. The summed E-state index contributed by atoms with van der Waals surface area (Å²) in [4.78, 5) is 43.3. The second kappa shape index (κ2) is 19.9. The van der Waals surface area contributed by atoms with Crippen LogP contribution in [0.3, 0.4) is 0 Å². The van der Waals surface area contributed by atoms with Gasteiger partial charge in [0.15, 0.2) is 18.0 Å². The Morgan fingerprint density at radius 2 is 1.61 bits per heavy atom. The molecule has 0 unspecified atom stereocenters. The number of esters is 3. The predicted octanol–water partition coefficient (Wildman–Crippen LogP) is 2.42. The summed E-state index contributed by atoms with van der Waals surface area (Å²) in [5, 5.41) is 6.92. The van der Waals surface area contributed by atoms with Crippen LogP contribution in [0.15, 0.2) is 48.8 Å². The fourth-order valence-corrected chi connectivity index (χ4v) is 6.87. The number of ether oxygens (including phenoxy) is 8. The molecule has 54 heavy (non-hydrogen) atoms. The van der Waals surface area contributed by atoms with E-state index in [2.05, 4.69) is 15.2 Å². The Kier molecular flexibility index (Phi) is 15.7. The van der Waals surface area contributed by atoms with Gasteiger partial charge < -0.3 is 48.2 Å². The largest absolute Gasteiger partial charge is 0.462 e. The SMILES string of the molecule is COCCOCC(=O)O[C@H]1[C@H](c2ccc3c(N)ncnn23)O[C@](C)(CO[P@@](=O)(N[C@@H](C)C(=O)OC(C)C)Oc2ccccc2)[C@H]1OC(=O)COCCOC. The van der Waals surface area contributed by atoms with Gasteiger partial charge >= 0.3 is 25.7 Å². The molecule has 1 fully saturated rings. The topological polar surface area (TPSA) is 229 Å². The summed E-state index contributed by atoms with van der Waals surface area (Å²) in [5.74, 6) is -2.06. The molecule has 6 atom stereocenters. The second-order valence-electron chi connectivity index (χ2n) is 12.5. The van der Waals surface area contributed by atoms with Crippen molar-refractivity contribution in [2.24, 2.45) is 0 Å². The smallest absolute Gasteiger partial charge is 0.459 e. The van der Waals surface area contributed by atoms with Gasteiger partial charge in [-0.1, -0.05) is 18.2 Å². The number of para-hydroxylation sites is 1. The summed E-state index contributed by atoms with van der Waals surface area (Å²) in [7, 11) is -1.50. The lowest BCUT2D eigenvalue weighted by atomic mass is 9.96. The molecule has 1 aliphatic heterocycles. The van der Waals surface area contributed by atoms with Crippen molar-refractivity contribution in [3.63, 3.8) is 0 Å². The van der Waals surface area contributed by atoms with Gasteiger partial charge in [-0.15, -0.1) is 0 Å².